The third kappa shape index (κ3) is 6.25. The van der Waals surface area contributed by atoms with Crippen molar-refractivity contribution in [1.82, 2.24) is 5.32 Å². The number of hydrogen-bond acceptors (Lipinski definition) is 7. The van der Waals surface area contributed by atoms with Crippen molar-refractivity contribution in [1.29, 1.82) is 0 Å². The molecule has 0 radical (unpaired) electrons. The Bertz CT molecular complexity index is 1010. The van der Waals surface area contributed by atoms with Crippen LogP contribution in [0.2, 0.25) is 0 Å². The van der Waals surface area contributed by atoms with Crippen molar-refractivity contribution in [3.8, 4) is 0 Å². The van der Waals surface area contributed by atoms with Gasteiger partial charge in [-0.2, -0.15) is 0 Å². The molecule has 0 aliphatic heterocycles. The first-order valence-electron chi connectivity index (χ1n) is 10.6. The minimum absolute atomic E-state index is 0.0390. The van der Waals surface area contributed by atoms with Crippen molar-refractivity contribution >= 4 is 34.6 Å². The van der Waals surface area contributed by atoms with Crippen LogP contribution in [0.1, 0.15) is 38.5 Å². The summed E-state index contributed by atoms with van der Waals surface area (Å²) < 4.78 is 0. The van der Waals surface area contributed by atoms with Crippen molar-refractivity contribution in [3.05, 3.63) is 68.8 Å². The van der Waals surface area contributed by atoms with Crippen LogP contribution in [0, 0.1) is 20.2 Å². The van der Waals surface area contributed by atoms with Gasteiger partial charge in [0.2, 0.25) is 11.8 Å². The number of amides is 2. The molecule has 0 unspecified atom stereocenters. The second-order valence-electron chi connectivity index (χ2n) is 7.96. The quantitative estimate of drug-likeness (QED) is 0.311. The summed E-state index contributed by atoms with van der Waals surface area (Å²) in [7, 11) is 0. The minimum Gasteiger partial charge on any atom is -0.371 e. The van der Waals surface area contributed by atoms with E-state index in [0.717, 1.165) is 25.7 Å². The number of carbonyl (C=O) groups excluding carboxylic acids is 2. The number of benzene rings is 2. The fourth-order valence-electron chi connectivity index (χ4n) is 3.89. The normalized spacial score (nSPS) is 15.0. The van der Waals surface area contributed by atoms with Crippen LogP contribution in [0.4, 0.5) is 22.7 Å². The molecule has 0 atom stereocenters. The first-order valence-corrected chi connectivity index (χ1v) is 10.6. The lowest BCUT2D eigenvalue weighted by molar-refractivity contribution is -0.385. The predicted octanol–water partition coefficient (Wildman–Crippen LogP) is 3.76. The van der Waals surface area contributed by atoms with Gasteiger partial charge >= 0.3 is 0 Å². The molecule has 0 heterocycles. The summed E-state index contributed by atoms with van der Waals surface area (Å²) in [5.74, 6) is -0.780. The first-order chi connectivity index (χ1) is 15.8. The summed E-state index contributed by atoms with van der Waals surface area (Å²) in [6.45, 7) is -0.264. The van der Waals surface area contributed by atoms with Crippen molar-refractivity contribution in [3.63, 3.8) is 0 Å². The second-order valence-corrected chi connectivity index (χ2v) is 7.96. The predicted molar refractivity (Wildman–Crippen MR) is 122 cm³/mol. The third-order valence-electron chi connectivity index (χ3n) is 5.62. The van der Waals surface area contributed by atoms with E-state index >= 15 is 0 Å². The number of nitrogens with one attached hydrogen (secondary N) is 3. The highest BCUT2D eigenvalue weighted by molar-refractivity contribution is 5.97. The molecule has 11 nitrogen and oxygen atoms in total. The highest BCUT2D eigenvalue weighted by atomic mass is 16.6. The fourth-order valence-corrected chi connectivity index (χ4v) is 3.89. The zero-order chi connectivity index (χ0) is 23.8. The van der Waals surface area contributed by atoms with E-state index in [1.165, 1.54) is 36.4 Å². The van der Waals surface area contributed by atoms with E-state index in [4.69, 9.17) is 0 Å². The van der Waals surface area contributed by atoms with Crippen LogP contribution in [0.15, 0.2) is 48.5 Å². The summed E-state index contributed by atoms with van der Waals surface area (Å²) in [6, 6.07) is 11.3. The third-order valence-corrected chi connectivity index (χ3v) is 5.62. The van der Waals surface area contributed by atoms with E-state index in [2.05, 4.69) is 16.0 Å². The van der Waals surface area contributed by atoms with Gasteiger partial charge in [0, 0.05) is 35.6 Å². The van der Waals surface area contributed by atoms with Gasteiger partial charge in [-0.3, -0.25) is 29.8 Å². The number of anilines is 2. The summed E-state index contributed by atoms with van der Waals surface area (Å²) in [5, 5.41) is 30.2. The lowest BCUT2D eigenvalue weighted by atomic mass is 9.88. The van der Waals surface area contributed by atoms with E-state index in [-0.39, 0.29) is 23.8 Å². The van der Waals surface area contributed by atoms with Gasteiger partial charge in [-0.15, -0.1) is 0 Å². The fraction of sp³-hybridized carbons (Fsp3) is 0.364. The maximum atomic E-state index is 13.2. The Kier molecular flexibility index (Phi) is 7.54. The Balaban J connectivity index is 1.65. The molecule has 1 fully saturated rings. The van der Waals surface area contributed by atoms with Crippen LogP contribution >= 0.6 is 0 Å². The molecule has 1 aliphatic carbocycles. The molecule has 0 spiro atoms. The summed E-state index contributed by atoms with van der Waals surface area (Å²) in [5.41, 5.74) is -0.0851. The highest BCUT2D eigenvalue weighted by Gasteiger charge is 2.38. The number of non-ortho nitro benzene ring substituents is 2. The van der Waals surface area contributed by atoms with Crippen LogP contribution in [0.25, 0.3) is 0 Å². The van der Waals surface area contributed by atoms with Crippen molar-refractivity contribution in [2.24, 2.45) is 0 Å². The Morgan fingerprint density at radius 3 is 1.76 bits per heavy atom. The molecule has 1 saturated carbocycles. The molecular formula is C22H25N5O6. The topological polar surface area (TPSA) is 157 Å². The molecule has 11 heteroatoms. The zero-order valence-electron chi connectivity index (χ0n) is 17.9. The summed E-state index contributed by atoms with van der Waals surface area (Å²) >= 11 is 0. The van der Waals surface area contributed by atoms with Gasteiger partial charge < -0.3 is 16.0 Å². The van der Waals surface area contributed by atoms with Gasteiger partial charge in [0.25, 0.3) is 11.4 Å². The van der Waals surface area contributed by atoms with Gasteiger partial charge in [-0.25, -0.2) is 0 Å². The number of rotatable bonds is 8. The Labute approximate surface area is 189 Å². The van der Waals surface area contributed by atoms with Gasteiger partial charge in [0.05, 0.1) is 16.4 Å². The molecule has 0 bridgehead atoms. The van der Waals surface area contributed by atoms with Crippen LogP contribution < -0.4 is 16.0 Å². The maximum Gasteiger partial charge on any atom is 0.269 e. The highest BCUT2D eigenvalue weighted by Crippen LogP contribution is 2.31. The van der Waals surface area contributed by atoms with Gasteiger partial charge in [0.15, 0.2) is 0 Å². The van der Waals surface area contributed by atoms with Crippen LogP contribution in [0.5, 0.6) is 0 Å². The lowest BCUT2D eigenvalue weighted by Crippen LogP contribution is -2.53. The lowest BCUT2D eigenvalue weighted by Gasteiger charge is -2.33. The molecule has 2 aromatic carbocycles. The molecule has 1 aliphatic rings. The molecule has 0 aromatic heterocycles. The van der Waals surface area contributed by atoms with Crippen LogP contribution in [0.3, 0.4) is 0 Å². The van der Waals surface area contributed by atoms with Gasteiger partial charge in [-0.1, -0.05) is 25.7 Å². The molecule has 3 N–H and O–H groups in total. The average Bonchev–Trinajstić information content (AvgIpc) is 3.04. The molecule has 174 valence electrons. The maximum absolute atomic E-state index is 13.2. The number of nitro benzene ring substituents is 2. The molecule has 0 saturated heterocycles. The molecule has 33 heavy (non-hydrogen) atoms. The van der Waals surface area contributed by atoms with Crippen LogP contribution in [-0.4, -0.2) is 33.7 Å². The minimum atomic E-state index is -0.930. The Hall–Kier alpha value is -4.02. The molecule has 2 aromatic rings. The largest absolute Gasteiger partial charge is 0.371 e. The zero-order valence-corrected chi connectivity index (χ0v) is 17.9. The van der Waals surface area contributed by atoms with E-state index < -0.39 is 21.3 Å². The van der Waals surface area contributed by atoms with Crippen molar-refractivity contribution in [2.45, 2.75) is 44.1 Å². The standard InChI is InChI=1S/C22H25N5O6/c28-20(24-16-5-9-18(10-6-16)26(30)31)15-23-21(29)22(13-3-1-2-4-14-22)25-17-7-11-19(12-8-17)27(32)33/h5-12,25H,1-4,13-15H2,(H,23,29)(H,24,28). The number of hydrogen-bond donors (Lipinski definition) is 3. The second kappa shape index (κ2) is 10.5. The smallest absolute Gasteiger partial charge is 0.269 e. The molecular weight excluding hydrogens is 430 g/mol. The number of nitro groups is 2. The van der Waals surface area contributed by atoms with Crippen molar-refractivity contribution in [2.75, 3.05) is 17.2 Å². The van der Waals surface area contributed by atoms with E-state index in [9.17, 15) is 29.8 Å². The van der Waals surface area contributed by atoms with Gasteiger partial charge in [0.1, 0.15) is 5.54 Å². The van der Waals surface area contributed by atoms with E-state index in [0.29, 0.717) is 24.2 Å². The molecule has 3 rings (SSSR count). The first kappa shape index (κ1) is 23.6. The Morgan fingerprint density at radius 1 is 0.788 bits per heavy atom. The monoisotopic (exact) mass is 455 g/mol. The summed E-state index contributed by atoms with van der Waals surface area (Å²) in [4.78, 5) is 46.1. The van der Waals surface area contributed by atoms with Gasteiger partial charge in [-0.05, 0) is 37.1 Å². The Morgan fingerprint density at radius 2 is 1.27 bits per heavy atom. The van der Waals surface area contributed by atoms with E-state index in [1.807, 2.05) is 0 Å². The molecule has 2 amide bonds. The van der Waals surface area contributed by atoms with Crippen LogP contribution in [-0.2, 0) is 9.59 Å². The number of nitrogens with zero attached hydrogens (tertiary/aromatic N) is 2. The summed E-state index contributed by atoms with van der Waals surface area (Å²) in [6.07, 6.45) is 4.81. The number of carbonyl (C=O) groups is 2. The van der Waals surface area contributed by atoms with E-state index in [1.54, 1.807) is 12.1 Å². The average molecular weight is 455 g/mol. The SMILES string of the molecule is O=C(CNC(=O)C1(Nc2ccc([N+](=O)[O-])cc2)CCCCCC1)Nc1ccc([N+](=O)[O-])cc1. The van der Waals surface area contributed by atoms with Crippen molar-refractivity contribution < 1.29 is 19.4 Å².